The van der Waals surface area contributed by atoms with Gasteiger partial charge in [0, 0.05) is 0 Å². The standard InChI is InChI=1S/CHF3.OS/c2-1(3)4;1-2/h1H;. The van der Waals surface area contributed by atoms with Crippen molar-refractivity contribution in [2.45, 2.75) is 6.68 Å². The molecule has 0 saturated heterocycles. The second-order valence-corrected chi connectivity index (χ2v) is 0.247. The van der Waals surface area contributed by atoms with E-state index in [2.05, 4.69) is 12.5 Å². The smallest absolute Gasteiger partial charge is 0.197 e. The molecule has 0 aliphatic carbocycles. The lowest BCUT2D eigenvalue weighted by atomic mass is 11.6. The van der Waals surface area contributed by atoms with Crippen LogP contribution in [0.15, 0.2) is 0 Å². The molecule has 0 aromatic carbocycles. The van der Waals surface area contributed by atoms with Crippen molar-refractivity contribution >= 4 is 12.5 Å². The number of hydrogen-bond acceptors (Lipinski definition) is 2. The third-order valence-corrected chi connectivity index (χ3v) is 0. The highest BCUT2D eigenvalue weighted by molar-refractivity contribution is 7.44. The van der Waals surface area contributed by atoms with E-state index in [1.165, 1.54) is 0 Å². The third kappa shape index (κ3) is 833. The summed E-state index contributed by atoms with van der Waals surface area (Å²) in [4.78, 5) is 0. The first-order valence-electron chi connectivity index (χ1n) is 0.821. The van der Waals surface area contributed by atoms with Crippen LogP contribution in [0, 0.1) is 0 Å². The van der Waals surface area contributed by atoms with Crippen molar-refractivity contribution in [2.75, 3.05) is 0 Å². The Balaban J connectivity index is 0. The highest BCUT2D eigenvalue weighted by Crippen LogP contribution is 1.87. The summed E-state index contributed by atoms with van der Waals surface area (Å²) in [5, 5.41) is 0. The summed E-state index contributed by atoms with van der Waals surface area (Å²) < 4.78 is 36.8. The van der Waals surface area contributed by atoms with Crippen LogP contribution in [0.1, 0.15) is 0 Å². The molecular formula is CHF3OS. The van der Waals surface area contributed by atoms with Gasteiger partial charge in [0.2, 0.25) is 0 Å². The monoisotopic (exact) mass is 118 g/mol. The molecule has 0 amide bonds. The molecule has 0 aromatic heterocycles. The van der Waals surface area contributed by atoms with Crippen LogP contribution in [0.25, 0.3) is 0 Å². The van der Waals surface area contributed by atoms with Crippen LogP contribution in [0.2, 0.25) is 0 Å². The predicted molar refractivity (Wildman–Crippen MR) is 15.3 cm³/mol. The van der Waals surface area contributed by atoms with Crippen LogP contribution in [-0.4, -0.2) is 10.9 Å². The molecular weight excluding hydrogens is 117 g/mol. The summed E-state index contributed by atoms with van der Waals surface area (Å²) in [5.41, 5.74) is 0. The van der Waals surface area contributed by atoms with Gasteiger partial charge in [-0.2, -0.15) is 17.4 Å². The Morgan fingerprint density at radius 3 is 1.17 bits per heavy atom. The number of alkyl halides is 3. The Morgan fingerprint density at radius 1 is 1.17 bits per heavy atom. The van der Waals surface area contributed by atoms with Crippen molar-refractivity contribution in [1.82, 2.24) is 0 Å². The van der Waals surface area contributed by atoms with Crippen LogP contribution in [0.4, 0.5) is 13.2 Å². The first-order chi connectivity index (χ1) is 2.73. The Labute approximate surface area is 37.7 Å². The van der Waals surface area contributed by atoms with Crippen LogP contribution in [-0.2, 0) is 12.5 Å². The summed E-state index contributed by atoms with van der Waals surface area (Å²) >= 11 is 2.83. The number of rotatable bonds is 0. The molecule has 0 atom stereocenters. The second-order valence-electron chi connectivity index (χ2n) is 0.247. The highest BCUT2D eigenvalue weighted by atomic mass is 32.1. The van der Waals surface area contributed by atoms with Gasteiger partial charge in [0.15, 0.2) is 12.5 Å². The molecule has 0 rings (SSSR count). The zero-order valence-electron chi connectivity index (χ0n) is 2.53. The maximum atomic E-state index is 9.67. The number of halogens is 3. The second kappa shape index (κ2) is 8.84. The van der Waals surface area contributed by atoms with Gasteiger partial charge in [0.25, 0.3) is 0 Å². The van der Waals surface area contributed by atoms with Gasteiger partial charge in [-0.1, -0.05) is 0 Å². The van der Waals surface area contributed by atoms with Crippen molar-refractivity contribution in [2.24, 2.45) is 0 Å². The van der Waals surface area contributed by atoms with Gasteiger partial charge in [-0.25, -0.2) is 0 Å². The van der Waals surface area contributed by atoms with Crippen LogP contribution < -0.4 is 0 Å². The van der Waals surface area contributed by atoms with E-state index in [4.69, 9.17) is 4.21 Å². The molecule has 0 unspecified atom stereocenters. The van der Waals surface area contributed by atoms with Gasteiger partial charge in [-0.05, 0) is 0 Å². The molecule has 0 heterocycles. The van der Waals surface area contributed by atoms with E-state index < -0.39 is 6.68 Å². The molecule has 1 nitrogen and oxygen atoms in total. The average Bonchev–Trinajstić information content (AvgIpc) is 1.41. The average molecular weight is 118 g/mol. The van der Waals surface area contributed by atoms with Crippen molar-refractivity contribution < 1.29 is 17.4 Å². The first kappa shape index (κ1) is 9.26. The summed E-state index contributed by atoms with van der Waals surface area (Å²) in [6.07, 6.45) is 0. The number of hydrogen-bond donors (Lipinski definition) is 0. The molecule has 0 aromatic rings. The van der Waals surface area contributed by atoms with E-state index in [0.717, 1.165) is 0 Å². The van der Waals surface area contributed by atoms with Crippen LogP contribution >= 0.6 is 0 Å². The fourth-order valence-electron chi connectivity index (χ4n) is 0. The van der Waals surface area contributed by atoms with Crippen molar-refractivity contribution in [3.63, 3.8) is 0 Å². The van der Waals surface area contributed by atoms with Gasteiger partial charge >= 0.3 is 6.68 Å². The van der Waals surface area contributed by atoms with E-state index in [0.29, 0.717) is 0 Å². The Bertz CT molecular complexity index is 22.0. The topological polar surface area (TPSA) is 17.1 Å². The van der Waals surface area contributed by atoms with Crippen LogP contribution in [0.3, 0.4) is 0 Å². The lowest BCUT2D eigenvalue weighted by Gasteiger charge is -1.65. The van der Waals surface area contributed by atoms with Crippen LogP contribution in [0.5, 0.6) is 0 Å². The van der Waals surface area contributed by atoms with Gasteiger partial charge < -0.3 is 0 Å². The van der Waals surface area contributed by atoms with Gasteiger partial charge in [0.1, 0.15) is 0 Å². The molecule has 5 heteroatoms. The minimum Gasteiger partial charge on any atom is -0.197 e. The summed E-state index contributed by atoms with van der Waals surface area (Å²) in [5.74, 6) is 0. The molecule has 0 fully saturated rings. The minimum absolute atomic E-state index is 2.83. The SMILES string of the molecule is FC(F)F.O=S. The summed E-state index contributed by atoms with van der Waals surface area (Å²) in [7, 11) is 0. The van der Waals surface area contributed by atoms with E-state index in [1.807, 2.05) is 0 Å². The summed E-state index contributed by atoms with van der Waals surface area (Å²) in [6.45, 7) is -3.67. The molecule has 0 radical (unpaired) electrons. The highest BCUT2D eigenvalue weighted by Gasteiger charge is 1.86. The fraction of sp³-hybridized carbons (Fsp3) is 1.00. The Morgan fingerprint density at radius 2 is 1.17 bits per heavy atom. The fourth-order valence-corrected chi connectivity index (χ4v) is 0. The van der Waals surface area contributed by atoms with E-state index in [9.17, 15) is 13.2 Å². The maximum absolute atomic E-state index is 9.67. The van der Waals surface area contributed by atoms with Crippen molar-refractivity contribution in [3.8, 4) is 0 Å². The normalized spacial score (nSPS) is 6.67. The lowest BCUT2D eigenvalue weighted by molar-refractivity contribution is 0.00819. The van der Waals surface area contributed by atoms with E-state index in [1.54, 1.807) is 0 Å². The Hall–Kier alpha value is -0.190. The van der Waals surface area contributed by atoms with Crippen molar-refractivity contribution in [1.29, 1.82) is 0 Å². The Kier molecular flexibility index (Phi) is 13.6. The molecule has 0 spiro atoms. The molecule has 0 N–H and O–H groups in total. The zero-order valence-corrected chi connectivity index (χ0v) is 3.34. The van der Waals surface area contributed by atoms with Gasteiger partial charge in [0.05, 0.1) is 0 Å². The minimum atomic E-state index is -3.67. The largest absolute Gasteiger partial charge is 0.379 e. The van der Waals surface area contributed by atoms with Gasteiger partial charge in [-0.3, -0.25) is 0 Å². The van der Waals surface area contributed by atoms with Crippen molar-refractivity contribution in [3.05, 3.63) is 0 Å². The lowest BCUT2D eigenvalue weighted by Crippen LogP contribution is -1.65. The molecule has 0 bridgehead atoms. The molecule has 6 heavy (non-hydrogen) atoms. The zero-order chi connectivity index (χ0) is 5.58. The van der Waals surface area contributed by atoms with Gasteiger partial charge in [-0.15, -0.1) is 0 Å². The molecule has 0 saturated carbocycles. The summed E-state index contributed by atoms with van der Waals surface area (Å²) in [6, 6.07) is 0. The van der Waals surface area contributed by atoms with E-state index in [-0.39, 0.29) is 0 Å². The maximum Gasteiger partial charge on any atom is 0.379 e. The quantitative estimate of drug-likeness (QED) is 0.469. The molecule has 38 valence electrons. The first-order valence-corrected chi connectivity index (χ1v) is 1.15. The third-order valence-electron chi connectivity index (χ3n) is 0. The predicted octanol–water partition coefficient (Wildman–Crippen LogP) is 0.842. The van der Waals surface area contributed by atoms with E-state index >= 15 is 0 Å². The molecule has 0 aliphatic heterocycles. The molecule has 0 aliphatic rings.